The number of aryl methyl sites for hydroxylation is 3. The molecule has 2 atom stereocenters. The molecule has 1 aromatic carbocycles. The minimum Gasteiger partial charge on any atom is -0.378 e. The Labute approximate surface area is 241 Å². The largest absolute Gasteiger partial charge is 0.378 e. The van der Waals surface area contributed by atoms with E-state index in [4.69, 9.17) is 15.5 Å². The molecule has 0 radical (unpaired) electrons. The van der Waals surface area contributed by atoms with Crippen LogP contribution in [0.25, 0.3) is 44.5 Å². The minimum atomic E-state index is -0.551. The molecule has 2 aliphatic carbocycles. The summed E-state index contributed by atoms with van der Waals surface area (Å²) in [4.78, 5) is 31.7. The van der Waals surface area contributed by atoms with Crippen LogP contribution in [0.3, 0.4) is 0 Å². The van der Waals surface area contributed by atoms with E-state index < -0.39 is 5.95 Å². The van der Waals surface area contributed by atoms with E-state index in [0.29, 0.717) is 23.5 Å². The molecule has 1 amide bonds. The van der Waals surface area contributed by atoms with Gasteiger partial charge in [-0.2, -0.15) is 4.39 Å². The number of hydrogen-bond acceptors (Lipinski definition) is 5. The molecule has 0 saturated heterocycles. The lowest BCUT2D eigenvalue weighted by atomic mass is 9.97. The standard InChI is InChI=1S/C27H27FN6O2.C4H7NO/c1-32-14-19(25(28)31-32)23-21-16-7-5-15(6-8-16)4-3-11-36-18-10-9-17(12-18)34-24-20(33(2)27(34)35)13-29-26(30-23)22(21)24;5-4(6)3-1-2-3/h5-8,13-14,17-18H,3-4,9-12H2,1-2H3,(H,29,30);3H,1-2H2,(H2,5,6). The van der Waals surface area contributed by atoms with Crippen molar-refractivity contribution in [3.05, 3.63) is 58.7 Å². The van der Waals surface area contributed by atoms with Crippen molar-refractivity contribution in [3.8, 4) is 22.4 Å². The lowest BCUT2D eigenvalue weighted by Crippen LogP contribution is -2.25. The van der Waals surface area contributed by atoms with E-state index in [0.717, 1.165) is 72.5 Å². The Kier molecular flexibility index (Phi) is 6.49. The number of ether oxygens (including phenoxy) is 1. The van der Waals surface area contributed by atoms with Crippen LogP contribution >= 0.6 is 0 Å². The summed E-state index contributed by atoms with van der Waals surface area (Å²) in [5.74, 6) is -0.440. The zero-order chi connectivity index (χ0) is 29.1. The third kappa shape index (κ3) is 4.52. The van der Waals surface area contributed by atoms with Crippen molar-refractivity contribution in [3.63, 3.8) is 0 Å². The first-order chi connectivity index (χ1) is 20.3. The van der Waals surface area contributed by atoms with Gasteiger partial charge in [0.2, 0.25) is 11.9 Å². The van der Waals surface area contributed by atoms with Gasteiger partial charge < -0.3 is 15.5 Å². The van der Waals surface area contributed by atoms with Crippen LogP contribution in [0.1, 0.15) is 50.1 Å². The topological polar surface area (TPSA) is 126 Å². The number of pyridine rings is 1. The SMILES string of the molecule is Cn1cc(-c2[nH]c3ncc4c5c3c2-c2ccc(cc2)CCCOC2CCC(C2)n5c(=O)n4C)c(F)n1.NC(=O)C1CC1. The van der Waals surface area contributed by atoms with Gasteiger partial charge in [0.05, 0.1) is 40.0 Å². The number of nitrogens with one attached hydrogen (secondary N) is 1. The van der Waals surface area contributed by atoms with Gasteiger partial charge in [-0.15, -0.1) is 5.10 Å². The molecule has 4 bridgehead atoms. The van der Waals surface area contributed by atoms with E-state index >= 15 is 0 Å². The number of carbonyl (C=O) groups is 1. The number of aromatic nitrogens is 6. The predicted molar refractivity (Wildman–Crippen MR) is 157 cm³/mol. The lowest BCUT2D eigenvalue weighted by molar-refractivity contribution is -0.119. The first kappa shape index (κ1) is 26.6. The number of aromatic amines is 1. The molecule has 2 saturated carbocycles. The maximum absolute atomic E-state index is 15.0. The van der Waals surface area contributed by atoms with Crippen LogP contribution in [0.5, 0.6) is 0 Å². The molecule has 9 rings (SSSR count). The molecule has 5 aromatic rings. The summed E-state index contributed by atoms with van der Waals surface area (Å²) >= 11 is 0. The lowest BCUT2D eigenvalue weighted by Gasteiger charge is -2.14. The summed E-state index contributed by atoms with van der Waals surface area (Å²) in [5, 5.41) is 4.77. The van der Waals surface area contributed by atoms with Gasteiger partial charge in [-0.25, -0.2) is 9.78 Å². The molecule has 10 nitrogen and oxygen atoms in total. The summed E-state index contributed by atoms with van der Waals surface area (Å²) < 4.78 is 26.3. The van der Waals surface area contributed by atoms with Crippen molar-refractivity contribution in [1.29, 1.82) is 0 Å². The van der Waals surface area contributed by atoms with Crippen LogP contribution in [0.4, 0.5) is 4.39 Å². The second-order valence-corrected chi connectivity index (χ2v) is 11.7. The molecular weight excluding hydrogens is 537 g/mol. The van der Waals surface area contributed by atoms with Gasteiger partial charge in [0, 0.05) is 44.4 Å². The van der Waals surface area contributed by atoms with Crippen molar-refractivity contribution in [2.45, 2.75) is 57.1 Å². The molecule has 11 heteroatoms. The highest BCUT2D eigenvalue weighted by Crippen LogP contribution is 2.43. The number of nitrogens with zero attached hydrogens (tertiary/aromatic N) is 5. The number of amides is 1. The minimum absolute atomic E-state index is 0.0324. The average molecular weight is 572 g/mol. The molecule has 2 unspecified atom stereocenters. The summed E-state index contributed by atoms with van der Waals surface area (Å²) in [6, 6.07) is 8.42. The quantitative estimate of drug-likeness (QED) is 0.326. The van der Waals surface area contributed by atoms with Gasteiger partial charge >= 0.3 is 5.69 Å². The van der Waals surface area contributed by atoms with Crippen molar-refractivity contribution >= 4 is 28.0 Å². The van der Waals surface area contributed by atoms with Crippen molar-refractivity contribution < 1.29 is 13.9 Å². The number of nitrogens with two attached hydrogens (primary N) is 1. The van der Waals surface area contributed by atoms with Crippen LogP contribution in [-0.4, -0.2) is 47.5 Å². The summed E-state index contributed by atoms with van der Waals surface area (Å²) in [5.41, 5.74) is 11.0. The zero-order valence-electron chi connectivity index (χ0n) is 23.8. The van der Waals surface area contributed by atoms with Gasteiger partial charge in [-0.1, -0.05) is 24.3 Å². The van der Waals surface area contributed by atoms with Gasteiger partial charge in [0.1, 0.15) is 5.65 Å². The molecule has 6 heterocycles. The predicted octanol–water partition coefficient (Wildman–Crippen LogP) is 4.36. The Morgan fingerprint density at radius 2 is 1.93 bits per heavy atom. The number of hydrogen-bond donors (Lipinski definition) is 2. The van der Waals surface area contributed by atoms with E-state index in [9.17, 15) is 14.0 Å². The number of carbonyl (C=O) groups excluding carboxylic acids is 1. The Morgan fingerprint density at radius 1 is 1.14 bits per heavy atom. The molecule has 4 aromatic heterocycles. The van der Waals surface area contributed by atoms with E-state index in [1.165, 1.54) is 10.2 Å². The molecule has 3 N–H and O–H groups in total. The third-order valence-electron chi connectivity index (χ3n) is 8.83. The normalized spacial score (nSPS) is 20.1. The van der Waals surface area contributed by atoms with Crippen LogP contribution in [0.15, 0.2) is 41.5 Å². The highest BCUT2D eigenvalue weighted by Gasteiger charge is 2.32. The van der Waals surface area contributed by atoms with E-state index in [2.05, 4.69) is 34.3 Å². The third-order valence-corrected chi connectivity index (χ3v) is 8.83. The van der Waals surface area contributed by atoms with Crippen molar-refractivity contribution in [2.75, 3.05) is 6.61 Å². The first-order valence-electron chi connectivity index (χ1n) is 14.6. The molecule has 218 valence electrons. The molecule has 2 fully saturated rings. The molecule has 4 aliphatic rings. The molecule has 2 aliphatic heterocycles. The fraction of sp³-hybridized carbons (Fsp3) is 0.419. The fourth-order valence-electron chi connectivity index (χ4n) is 6.47. The van der Waals surface area contributed by atoms with Gasteiger partial charge in [-0.3, -0.25) is 18.6 Å². The number of halogens is 1. The van der Waals surface area contributed by atoms with E-state index in [1.54, 1.807) is 31.1 Å². The Morgan fingerprint density at radius 3 is 2.60 bits per heavy atom. The highest BCUT2D eigenvalue weighted by molar-refractivity contribution is 6.14. The maximum Gasteiger partial charge on any atom is 0.329 e. The maximum atomic E-state index is 15.0. The Balaban J connectivity index is 0.000000430. The number of fused-ring (bicyclic) bond motifs is 5. The number of imidazole rings is 1. The fourth-order valence-corrected chi connectivity index (χ4v) is 6.47. The van der Waals surface area contributed by atoms with E-state index in [-0.39, 0.29) is 29.7 Å². The van der Waals surface area contributed by atoms with Gasteiger partial charge in [-0.05, 0) is 56.1 Å². The monoisotopic (exact) mass is 571 g/mol. The van der Waals surface area contributed by atoms with Crippen LogP contribution in [0, 0.1) is 11.9 Å². The summed E-state index contributed by atoms with van der Waals surface area (Å²) in [7, 11) is 3.49. The second-order valence-electron chi connectivity index (χ2n) is 11.7. The number of primary amides is 1. The summed E-state index contributed by atoms with van der Waals surface area (Å²) in [6.07, 6.45) is 10.1. The molecule has 0 spiro atoms. The van der Waals surface area contributed by atoms with Crippen LogP contribution in [0.2, 0.25) is 0 Å². The van der Waals surface area contributed by atoms with Crippen molar-refractivity contribution in [2.24, 2.45) is 25.7 Å². The van der Waals surface area contributed by atoms with Crippen molar-refractivity contribution in [1.82, 2.24) is 28.9 Å². The number of rotatable bonds is 2. The Bertz CT molecular complexity index is 1880. The number of H-pyrrole nitrogens is 1. The smallest absolute Gasteiger partial charge is 0.329 e. The summed E-state index contributed by atoms with van der Waals surface area (Å²) in [6.45, 7) is 0.711. The first-order valence-corrected chi connectivity index (χ1v) is 14.6. The van der Waals surface area contributed by atoms with E-state index in [1.807, 2.05) is 4.57 Å². The Hall–Kier alpha value is -4.25. The zero-order valence-corrected chi connectivity index (χ0v) is 23.8. The molecule has 42 heavy (non-hydrogen) atoms. The molecular formula is C31H34FN7O3. The van der Waals surface area contributed by atoms with Gasteiger partial charge in [0.25, 0.3) is 0 Å². The van der Waals surface area contributed by atoms with Gasteiger partial charge in [0.15, 0.2) is 0 Å². The second kappa shape index (κ2) is 10.2. The van der Waals surface area contributed by atoms with Crippen LogP contribution < -0.4 is 11.4 Å². The average Bonchev–Trinajstić information content (AvgIpc) is 3.37. The number of benzene rings is 1. The highest BCUT2D eigenvalue weighted by atomic mass is 19.1. The van der Waals surface area contributed by atoms with Crippen LogP contribution in [-0.2, 0) is 30.0 Å².